The molecule has 0 aliphatic rings. The maximum atomic E-state index is 11.1. The molecular formula is C14H15N3O2. The fourth-order valence-corrected chi connectivity index (χ4v) is 2.47. The molecule has 5 heteroatoms. The van der Waals surface area contributed by atoms with Crippen LogP contribution in [0.4, 0.5) is 0 Å². The van der Waals surface area contributed by atoms with Gasteiger partial charge in [0.2, 0.25) is 5.78 Å². The summed E-state index contributed by atoms with van der Waals surface area (Å²) in [4.78, 5) is 15.7. The lowest BCUT2D eigenvalue weighted by atomic mass is 10.0. The van der Waals surface area contributed by atoms with E-state index in [0.717, 1.165) is 11.0 Å². The molecule has 0 unspecified atom stereocenters. The summed E-state index contributed by atoms with van der Waals surface area (Å²) >= 11 is 0. The summed E-state index contributed by atoms with van der Waals surface area (Å²) in [7, 11) is 1.72. The molecular weight excluding hydrogens is 242 g/mol. The summed E-state index contributed by atoms with van der Waals surface area (Å²) in [6.45, 7) is 4.25. The molecule has 0 fully saturated rings. The first kappa shape index (κ1) is 11.8. The van der Waals surface area contributed by atoms with Crippen LogP contribution in [0.3, 0.4) is 0 Å². The number of rotatable bonds is 2. The molecule has 3 rings (SSSR count). The highest BCUT2D eigenvalue weighted by Gasteiger charge is 2.17. The van der Waals surface area contributed by atoms with E-state index in [4.69, 9.17) is 5.11 Å². The number of carboxylic acids is 1. The molecule has 5 nitrogen and oxygen atoms in total. The molecule has 0 atom stereocenters. The van der Waals surface area contributed by atoms with Crippen LogP contribution in [0.15, 0.2) is 24.4 Å². The van der Waals surface area contributed by atoms with Gasteiger partial charge in [0.1, 0.15) is 5.69 Å². The summed E-state index contributed by atoms with van der Waals surface area (Å²) in [6.07, 6.45) is 1.62. The highest BCUT2D eigenvalue weighted by Crippen LogP contribution is 2.26. The van der Waals surface area contributed by atoms with Crippen LogP contribution in [-0.2, 0) is 7.05 Å². The third-order valence-electron chi connectivity index (χ3n) is 3.49. The number of carbonyl (C=O) groups is 1. The van der Waals surface area contributed by atoms with Gasteiger partial charge < -0.3 is 9.67 Å². The molecule has 0 spiro atoms. The van der Waals surface area contributed by atoms with Crippen LogP contribution in [0, 0.1) is 0 Å². The van der Waals surface area contributed by atoms with Gasteiger partial charge in [0.05, 0.1) is 11.0 Å². The Balaban J connectivity index is 2.42. The van der Waals surface area contributed by atoms with Crippen molar-refractivity contribution in [3.05, 3.63) is 35.7 Å². The van der Waals surface area contributed by atoms with Gasteiger partial charge in [-0.25, -0.2) is 9.78 Å². The summed E-state index contributed by atoms with van der Waals surface area (Å²) in [6, 6.07) is 6.02. The van der Waals surface area contributed by atoms with Crippen molar-refractivity contribution in [1.82, 2.24) is 14.0 Å². The van der Waals surface area contributed by atoms with E-state index in [1.807, 2.05) is 16.5 Å². The van der Waals surface area contributed by atoms with Crippen molar-refractivity contribution in [3.63, 3.8) is 0 Å². The molecule has 98 valence electrons. The number of aromatic carboxylic acids is 1. The molecule has 0 radical (unpaired) electrons. The van der Waals surface area contributed by atoms with Crippen LogP contribution in [0.25, 0.3) is 16.8 Å². The van der Waals surface area contributed by atoms with Crippen molar-refractivity contribution in [2.45, 2.75) is 19.8 Å². The monoisotopic (exact) mass is 257 g/mol. The third kappa shape index (κ3) is 1.54. The molecule has 0 amide bonds. The molecule has 0 aliphatic carbocycles. The van der Waals surface area contributed by atoms with Crippen LogP contribution in [0.1, 0.15) is 35.8 Å². The number of carboxylic acid groups (broad SMARTS) is 1. The normalized spacial score (nSPS) is 11.8. The number of nitrogens with zero attached hydrogens (tertiary/aromatic N) is 3. The van der Waals surface area contributed by atoms with Crippen molar-refractivity contribution < 1.29 is 9.90 Å². The second-order valence-corrected chi connectivity index (χ2v) is 5.03. The number of hydrogen-bond donors (Lipinski definition) is 1. The Morgan fingerprint density at radius 2 is 2.11 bits per heavy atom. The minimum Gasteiger partial charge on any atom is -0.477 e. The minimum atomic E-state index is -0.943. The van der Waals surface area contributed by atoms with Gasteiger partial charge in [-0.2, -0.15) is 0 Å². The Labute approximate surface area is 110 Å². The Bertz CT molecular complexity index is 796. The van der Waals surface area contributed by atoms with E-state index in [2.05, 4.69) is 24.9 Å². The summed E-state index contributed by atoms with van der Waals surface area (Å²) in [5, 5.41) is 9.14. The largest absolute Gasteiger partial charge is 0.477 e. The number of benzene rings is 1. The number of para-hydroxylation sites is 1. The first-order valence-electron chi connectivity index (χ1n) is 6.20. The van der Waals surface area contributed by atoms with Crippen molar-refractivity contribution in [2.75, 3.05) is 0 Å². The van der Waals surface area contributed by atoms with Crippen LogP contribution in [-0.4, -0.2) is 25.0 Å². The molecule has 19 heavy (non-hydrogen) atoms. The topological polar surface area (TPSA) is 59.5 Å². The van der Waals surface area contributed by atoms with Gasteiger partial charge in [-0.1, -0.05) is 26.0 Å². The van der Waals surface area contributed by atoms with Gasteiger partial charge in [-0.05, 0) is 17.5 Å². The zero-order valence-corrected chi connectivity index (χ0v) is 11.1. The lowest BCUT2D eigenvalue weighted by molar-refractivity contribution is 0.0687. The Morgan fingerprint density at radius 3 is 2.74 bits per heavy atom. The fourth-order valence-electron chi connectivity index (χ4n) is 2.47. The van der Waals surface area contributed by atoms with E-state index < -0.39 is 5.97 Å². The van der Waals surface area contributed by atoms with Gasteiger partial charge in [-0.3, -0.25) is 4.40 Å². The van der Waals surface area contributed by atoms with E-state index in [1.165, 1.54) is 5.56 Å². The van der Waals surface area contributed by atoms with Crippen LogP contribution in [0.2, 0.25) is 0 Å². The maximum Gasteiger partial charge on any atom is 0.354 e. The van der Waals surface area contributed by atoms with Crippen molar-refractivity contribution in [2.24, 2.45) is 7.05 Å². The first-order chi connectivity index (χ1) is 9.00. The van der Waals surface area contributed by atoms with E-state index in [-0.39, 0.29) is 5.69 Å². The molecule has 0 bridgehead atoms. The second kappa shape index (κ2) is 3.85. The minimum absolute atomic E-state index is 0.236. The number of aryl methyl sites for hydroxylation is 1. The number of aromatic nitrogens is 3. The molecule has 0 aliphatic heterocycles. The molecule has 1 N–H and O–H groups in total. The molecule has 2 heterocycles. The SMILES string of the molecule is CC(C)c1cccc2c1nc1n(C)c(C(=O)O)cn21. The average molecular weight is 257 g/mol. The van der Waals surface area contributed by atoms with E-state index in [9.17, 15) is 4.79 Å². The maximum absolute atomic E-state index is 11.1. The van der Waals surface area contributed by atoms with Crippen molar-refractivity contribution in [3.8, 4) is 0 Å². The van der Waals surface area contributed by atoms with Crippen molar-refractivity contribution >= 4 is 22.8 Å². The van der Waals surface area contributed by atoms with E-state index in [1.54, 1.807) is 17.8 Å². The quantitative estimate of drug-likeness (QED) is 0.767. The zero-order valence-electron chi connectivity index (χ0n) is 11.1. The number of hydrogen-bond acceptors (Lipinski definition) is 2. The molecule has 0 saturated heterocycles. The number of fused-ring (bicyclic) bond motifs is 3. The zero-order chi connectivity index (χ0) is 13.7. The third-order valence-corrected chi connectivity index (χ3v) is 3.49. The Kier molecular flexibility index (Phi) is 2.38. The first-order valence-corrected chi connectivity index (χ1v) is 6.20. The predicted molar refractivity (Wildman–Crippen MR) is 72.7 cm³/mol. The molecule has 0 saturated carbocycles. The van der Waals surface area contributed by atoms with E-state index >= 15 is 0 Å². The highest BCUT2D eigenvalue weighted by atomic mass is 16.4. The summed E-state index contributed by atoms with van der Waals surface area (Å²) in [5.74, 6) is 0.0919. The number of imidazole rings is 2. The van der Waals surface area contributed by atoms with Gasteiger partial charge in [0.25, 0.3) is 0 Å². The van der Waals surface area contributed by atoms with E-state index in [0.29, 0.717) is 11.7 Å². The van der Waals surface area contributed by atoms with Gasteiger partial charge in [0, 0.05) is 13.2 Å². The van der Waals surface area contributed by atoms with Gasteiger partial charge >= 0.3 is 5.97 Å². The summed E-state index contributed by atoms with van der Waals surface area (Å²) in [5.41, 5.74) is 3.31. The van der Waals surface area contributed by atoms with Crippen LogP contribution in [0.5, 0.6) is 0 Å². The lowest BCUT2D eigenvalue weighted by Crippen LogP contribution is -2.04. The smallest absolute Gasteiger partial charge is 0.354 e. The van der Waals surface area contributed by atoms with Gasteiger partial charge in [0.15, 0.2) is 0 Å². The standard InChI is InChI=1S/C14H15N3O2/c1-8(2)9-5-4-6-10-12(9)15-14-16(3)11(13(18)19)7-17(10)14/h4-8H,1-3H3,(H,18,19). The molecule has 3 aromatic rings. The summed E-state index contributed by atoms with van der Waals surface area (Å²) < 4.78 is 3.44. The van der Waals surface area contributed by atoms with Crippen molar-refractivity contribution in [1.29, 1.82) is 0 Å². The lowest BCUT2D eigenvalue weighted by Gasteiger charge is -2.05. The second-order valence-electron chi connectivity index (χ2n) is 5.03. The van der Waals surface area contributed by atoms with Crippen LogP contribution >= 0.6 is 0 Å². The predicted octanol–water partition coefficient (Wildman–Crippen LogP) is 2.65. The fraction of sp³-hybridized carbons (Fsp3) is 0.286. The van der Waals surface area contributed by atoms with Crippen LogP contribution < -0.4 is 0 Å². The average Bonchev–Trinajstić information content (AvgIpc) is 2.86. The Hall–Kier alpha value is -2.30. The Morgan fingerprint density at radius 1 is 1.37 bits per heavy atom. The van der Waals surface area contributed by atoms with Gasteiger partial charge in [-0.15, -0.1) is 0 Å². The molecule has 2 aromatic heterocycles. The molecule has 1 aromatic carbocycles. The highest BCUT2D eigenvalue weighted by molar-refractivity contribution is 5.89.